The second-order valence-corrected chi connectivity index (χ2v) is 4.01. The average molecular weight is 226 g/mol. The third kappa shape index (κ3) is 3.31. The summed E-state index contributed by atoms with van der Waals surface area (Å²) in [5.74, 6) is -0.305. The minimum Gasteiger partial charge on any atom is -0.494 e. The molecule has 1 rings (SSSR count). The van der Waals surface area contributed by atoms with E-state index in [9.17, 15) is 14.3 Å². The van der Waals surface area contributed by atoms with Crippen LogP contribution in [0, 0.1) is 5.82 Å². The second-order valence-electron chi connectivity index (χ2n) is 4.01. The highest BCUT2D eigenvalue weighted by atomic mass is 19.1. The van der Waals surface area contributed by atoms with Crippen LogP contribution in [0.2, 0.25) is 0 Å². The van der Waals surface area contributed by atoms with Crippen molar-refractivity contribution in [1.29, 1.82) is 0 Å². The summed E-state index contributed by atoms with van der Waals surface area (Å²) in [6.45, 7) is 1.55. The van der Waals surface area contributed by atoms with Crippen molar-refractivity contribution in [1.82, 2.24) is 0 Å². The van der Waals surface area contributed by atoms with Gasteiger partial charge in [0, 0.05) is 12.8 Å². The number of halogens is 1. The van der Waals surface area contributed by atoms with E-state index in [0.29, 0.717) is 11.8 Å². The van der Waals surface area contributed by atoms with E-state index in [-0.39, 0.29) is 18.6 Å². The first-order chi connectivity index (χ1) is 7.48. The Morgan fingerprint density at radius 3 is 2.75 bits per heavy atom. The lowest BCUT2D eigenvalue weighted by atomic mass is 9.94. The summed E-state index contributed by atoms with van der Waals surface area (Å²) in [7, 11) is 1.39. The van der Waals surface area contributed by atoms with Gasteiger partial charge in [-0.05, 0) is 24.6 Å². The number of ether oxygens (including phenoxy) is 1. The van der Waals surface area contributed by atoms with Gasteiger partial charge in [-0.2, -0.15) is 0 Å². The molecule has 0 saturated heterocycles. The fraction of sp³-hybridized carbons (Fsp3) is 0.417. The highest BCUT2D eigenvalue weighted by molar-refractivity contribution is 5.51. The van der Waals surface area contributed by atoms with Gasteiger partial charge >= 0.3 is 0 Å². The Balaban J connectivity index is 2.82. The summed E-state index contributed by atoms with van der Waals surface area (Å²) in [5, 5.41) is 9.80. The van der Waals surface area contributed by atoms with Crippen molar-refractivity contribution in [3.05, 3.63) is 29.6 Å². The smallest absolute Gasteiger partial charge is 0.165 e. The Bertz CT molecular complexity index is 375. The minimum atomic E-state index is -1.14. The monoisotopic (exact) mass is 226 g/mol. The van der Waals surface area contributed by atoms with E-state index in [2.05, 4.69) is 0 Å². The van der Waals surface area contributed by atoms with Crippen LogP contribution in [0.1, 0.15) is 18.9 Å². The largest absolute Gasteiger partial charge is 0.494 e. The molecule has 0 radical (unpaired) electrons. The molecule has 0 spiro atoms. The second kappa shape index (κ2) is 5.07. The van der Waals surface area contributed by atoms with Gasteiger partial charge in [-0.1, -0.05) is 6.07 Å². The molecule has 0 aromatic heterocycles. The van der Waals surface area contributed by atoms with Gasteiger partial charge in [0.2, 0.25) is 0 Å². The van der Waals surface area contributed by atoms with E-state index in [4.69, 9.17) is 4.74 Å². The highest BCUT2D eigenvalue weighted by Crippen LogP contribution is 2.21. The summed E-state index contributed by atoms with van der Waals surface area (Å²) >= 11 is 0. The third-order valence-electron chi connectivity index (χ3n) is 2.32. The van der Waals surface area contributed by atoms with Crippen molar-refractivity contribution in [3.8, 4) is 5.75 Å². The maximum absolute atomic E-state index is 13.3. The van der Waals surface area contributed by atoms with Crippen LogP contribution in [0.15, 0.2) is 18.2 Å². The van der Waals surface area contributed by atoms with E-state index in [0.717, 1.165) is 0 Å². The molecule has 0 saturated carbocycles. The van der Waals surface area contributed by atoms with Crippen LogP contribution >= 0.6 is 0 Å². The molecule has 0 bridgehead atoms. The molecule has 1 atom stereocenters. The van der Waals surface area contributed by atoms with Crippen molar-refractivity contribution in [2.24, 2.45) is 0 Å². The van der Waals surface area contributed by atoms with Crippen molar-refractivity contribution in [2.45, 2.75) is 25.4 Å². The zero-order valence-electron chi connectivity index (χ0n) is 9.37. The molecule has 1 aromatic rings. The molecule has 16 heavy (non-hydrogen) atoms. The summed E-state index contributed by atoms with van der Waals surface area (Å²) in [6.07, 6.45) is 0.910. The van der Waals surface area contributed by atoms with Crippen molar-refractivity contribution < 1.29 is 19.0 Å². The zero-order chi connectivity index (χ0) is 12.2. The van der Waals surface area contributed by atoms with Crippen LogP contribution in [0.4, 0.5) is 4.39 Å². The van der Waals surface area contributed by atoms with E-state index in [1.807, 2.05) is 0 Å². The van der Waals surface area contributed by atoms with Crippen molar-refractivity contribution in [3.63, 3.8) is 0 Å². The van der Waals surface area contributed by atoms with E-state index >= 15 is 0 Å². The van der Waals surface area contributed by atoms with Gasteiger partial charge < -0.3 is 14.6 Å². The maximum atomic E-state index is 13.3. The van der Waals surface area contributed by atoms with E-state index in [1.165, 1.54) is 19.2 Å². The number of carbonyl (C=O) groups is 1. The predicted octanol–water partition coefficient (Wildman–Crippen LogP) is 1.72. The molecule has 0 aliphatic carbocycles. The van der Waals surface area contributed by atoms with E-state index in [1.54, 1.807) is 13.0 Å². The molecule has 88 valence electrons. The number of benzene rings is 1. The number of hydrogen-bond acceptors (Lipinski definition) is 3. The molecule has 0 heterocycles. The fourth-order valence-electron chi connectivity index (χ4n) is 1.51. The Labute approximate surface area is 93.9 Å². The third-order valence-corrected chi connectivity index (χ3v) is 2.32. The topological polar surface area (TPSA) is 46.5 Å². The quantitative estimate of drug-likeness (QED) is 0.777. The maximum Gasteiger partial charge on any atom is 0.165 e. The van der Waals surface area contributed by atoms with Gasteiger partial charge in [-0.3, -0.25) is 0 Å². The number of rotatable bonds is 5. The number of aldehydes is 1. The molecule has 4 heteroatoms. The number of methoxy groups -OCH3 is 1. The number of aliphatic hydroxyl groups is 1. The molecular weight excluding hydrogens is 211 g/mol. The Morgan fingerprint density at radius 2 is 2.25 bits per heavy atom. The summed E-state index contributed by atoms with van der Waals surface area (Å²) in [6, 6.07) is 4.47. The van der Waals surface area contributed by atoms with Crippen molar-refractivity contribution >= 4 is 6.29 Å². The molecule has 0 fully saturated rings. The highest BCUT2D eigenvalue weighted by Gasteiger charge is 2.20. The molecule has 0 aliphatic heterocycles. The van der Waals surface area contributed by atoms with Gasteiger partial charge in [0.15, 0.2) is 11.6 Å². The molecule has 1 unspecified atom stereocenters. The Hall–Kier alpha value is -1.42. The first-order valence-electron chi connectivity index (χ1n) is 4.97. The predicted molar refractivity (Wildman–Crippen MR) is 58.0 cm³/mol. The molecule has 1 aromatic carbocycles. The first kappa shape index (κ1) is 12.6. The standard InChI is InChI=1S/C12H15FO3/c1-12(15,5-6-14)8-9-3-4-11(16-2)10(13)7-9/h3-4,6-7,15H,5,8H2,1-2H3. The van der Waals surface area contributed by atoms with Crippen LogP contribution in [0.3, 0.4) is 0 Å². The average Bonchev–Trinajstić information content (AvgIpc) is 2.17. The van der Waals surface area contributed by atoms with Gasteiger partial charge in [0.25, 0.3) is 0 Å². The molecule has 3 nitrogen and oxygen atoms in total. The Kier molecular flexibility index (Phi) is 4.01. The molecule has 0 amide bonds. The van der Waals surface area contributed by atoms with Crippen LogP contribution in [-0.2, 0) is 11.2 Å². The molecule has 1 N–H and O–H groups in total. The summed E-state index contributed by atoms with van der Waals surface area (Å²) < 4.78 is 18.1. The van der Waals surface area contributed by atoms with Crippen LogP contribution in [-0.4, -0.2) is 24.1 Å². The fourth-order valence-corrected chi connectivity index (χ4v) is 1.51. The van der Waals surface area contributed by atoms with Gasteiger partial charge in [-0.15, -0.1) is 0 Å². The lowest BCUT2D eigenvalue weighted by molar-refractivity contribution is -0.111. The molecular formula is C12H15FO3. The zero-order valence-corrected chi connectivity index (χ0v) is 9.37. The van der Waals surface area contributed by atoms with Crippen LogP contribution in [0.5, 0.6) is 5.75 Å². The van der Waals surface area contributed by atoms with Crippen molar-refractivity contribution in [2.75, 3.05) is 7.11 Å². The van der Waals surface area contributed by atoms with Gasteiger partial charge in [-0.25, -0.2) is 4.39 Å². The van der Waals surface area contributed by atoms with Gasteiger partial charge in [0.05, 0.1) is 12.7 Å². The normalized spacial score (nSPS) is 14.2. The van der Waals surface area contributed by atoms with Gasteiger partial charge in [0.1, 0.15) is 6.29 Å². The molecule has 0 aliphatic rings. The summed E-state index contributed by atoms with van der Waals surface area (Å²) in [5.41, 5.74) is -0.506. The summed E-state index contributed by atoms with van der Waals surface area (Å²) in [4.78, 5) is 10.3. The number of hydrogen-bond donors (Lipinski definition) is 1. The SMILES string of the molecule is COc1ccc(CC(C)(O)CC=O)cc1F. The number of carbonyl (C=O) groups excluding carboxylic acids is 1. The van der Waals surface area contributed by atoms with E-state index < -0.39 is 11.4 Å². The lowest BCUT2D eigenvalue weighted by Gasteiger charge is -2.20. The lowest BCUT2D eigenvalue weighted by Crippen LogP contribution is -2.27. The van der Waals surface area contributed by atoms with Crippen LogP contribution < -0.4 is 4.74 Å². The van der Waals surface area contributed by atoms with Crippen LogP contribution in [0.25, 0.3) is 0 Å². The Morgan fingerprint density at radius 1 is 1.56 bits per heavy atom. The first-order valence-corrected chi connectivity index (χ1v) is 4.97. The minimum absolute atomic E-state index is 0.0284.